The molecule has 0 aliphatic carbocycles. The zero-order valence-corrected chi connectivity index (χ0v) is 11.7. The van der Waals surface area contributed by atoms with Crippen molar-refractivity contribution in [3.05, 3.63) is 65.2 Å². The van der Waals surface area contributed by atoms with Gasteiger partial charge in [0.15, 0.2) is 0 Å². The third-order valence-corrected chi connectivity index (χ3v) is 4.17. The Balaban J connectivity index is 2.19. The first-order valence-electron chi connectivity index (χ1n) is 6.19. The second-order valence-corrected chi connectivity index (χ2v) is 5.85. The molecule has 0 amide bonds. The van der Waals surface area contributed by atoms with Gasteiger partial charge in [0, 0.05) is 16.7 Å². The summed E-state index contributed by atoms with van der Waals surface area (Å²) < 4.78 is 0. The summed E-state index contributed by atoms with van der Waals surface area (Å²) in [6.45, 7) is 4.89. The van der Waals surface area contributed by atoms with Crippen molar-refractivity contribution >= 4 is 11.8 Å². The molecule has 0 heterocycles. The highest BCUT2D eigenvalue weighted by Crippen LogP contribution is 2.34. The summed E-state index contributed by atoms with van der Waals surface area (Å²) in [7, 11) is 0. The van der Waals surface area contributed by atoms with Gasteiger partial charge in [0.25, 0.3) is 0 Å². The molecule has 0 bridgehead atoms. The van der Waals surface area contributed by atoms with Crippen LogP contribution in [0, 0.1) is 13.8 Å². The summed E-state index contributed by atoms with van der Waals surface area (Å²) in [6.07, 6.45) is 0. The van der Waals surface area contributed by atoms with Crippen molar-refractivity contribution in [3.63, 3.8) is 0 Å². The van der Waals surface area contributed by atoms with Crippen LogP contribution in [0.15, 0.2) is 53.4 Å². The van der Waals surface area contributed by atoms with Crippen LogP contribution in [0.25, 0.3) is 0 Å². The van der Waals surface area contributed by atoms with Crippen LogP contribution in [0.3, 0.4) is 0 Å². The maximum atomic E-state index is 5.92. The summed E-state index contributed by atoms with van der Waals surface area (Å²) >= 11 is 1.84. The van der Waals surface area contributed by atoms with E-state index in [0.717, 1.165) is 0 Å². The predicted molar refractivity (Wildman–Crippen MR) is 80.0 cm³/mol. The smallest absolute Gasteiger partial charge is 0.0466 e. The minimum atomic E-state index is 0.326. The Morgan fingerprint density at radius 1 is 1.00 bits per heavy atom. The minimum absolute atomic E-state index is 0.326. The van der Waals surface area contributed by atoms with E-state index in [1.54, 1.807) is 0 Å². The standard InChI is InChI=1S/C16H19NS/c1-12-5-3-7-14(9-12)16(11-17)18-15-8-4-6-13(2)10-15/h3-10,16H,11,17H2,1-2H3. The zero-order valence-electron chi connectivity index (χ0n) is 10.9. The lowest BCUT2D eigenvalue weighted by molar-refractivity contribution is 0.939. The largest absolute Gasteiger partial charge is 0.329 e. The lowest BCUT2D eigenvalue weighted by Crippen LogP contribution is -2.09. The molecule has 2 rings (SSSR count). The number of thioether (sulfide) groups is 1. The molecule has 94 valence electrons. The zero-order chi connectivity index (χ0) is 13.0. The van der Waals surface area contributed by atoms with Gasteiger partial charge in [-0.2, -0.15) is 0 Å². The molecule has 2 heteroatoms. The summed E-state index contributed by atoms with van der Waals surface area (Å²) in [6, 6.07) is 17.2. The summed E-state index contributed by atoms with van der Waals surface area (Å²) in [5.74, 6) is 0. The number of nitrogens with two attached hydrogens (primary N) is 1. The van der Waals surface area contributed by atoms with Crippen LogP contribution >= 0.6 is 11.8 Å². The van der Waals surface area contributed by atoms with Gasteiger partial charge >= 0.3 is 0 Å². The quantitative estimate of drug-likeness (QED) is 0.835. The second-order valence-electron chi connectivity index (χ2n) is 4.57. The van der Waals surface area contributed by atoms with Crippen molar-refractivity contribution in [2.24, 2.45) is 5.73 Å². The van der Waals surface area contributed by atoms with Crippen molar-refractivity contribution in [2.45, 2.75) is 24.0 Å². The topological polar surface area (TPSA) is 26.0 Å². The molecule has 1 unspecified atom stereocenters. The molecule has 0 saturated heterocycles. The van der Waals surface area contributed by atoms with E-state index in [0.29, 0.717) is 11.8 Å². The molecule has 0 radical (unpaired) electrons. The van der Waals surface area contributed by atoms with Gasteiger partial charge in [0.1, 0.15) is 0 Å². The predicted octanol–water partition coefficient (Wildman–Crippen LogP) is 4.10. The van der Waals surface area contributed by atoms with Gasteiger partial charge < -0.3 is 5.73 Å². The Morgan fingerprint density at radius 3 is 2.28 bits per heavy atom. The highest BCUT2D eigenvalue weighted by molar-refractivity contribution is 7.99. The Morgan fingerprint density at radius 2 is 1.67 bits per heavy atom. The maximum Gasteiger partial charge on any atom is 0.0466 e. The Hall–Kier alpha value is -1.25. The summed E-state index contributed by atoms with van der Waals surface area (Å²) in [5.41, 5.74) is 9.81. The van der Waals surface area contributed by atoms with Crippen LogP contribution in [-0.2, 0) is 0 Å². The van der Waals surface area contributed by atoms with Gasteiger partial charge in [-0.1, -0.05) is 47.5 Å². The minimum Gasteiger partial charge on any atom is -0.329 e. The molecule has 2 N–H and O–H groups in total. The molecule has 0 aromatic heterocycles. The highest BCUT2D eigenvalue weighted by atomic mass is 32.2. The van der Waals surface area contributed by atoms with Gasteiger partial charge in [0.05, 0.1) is 0 Å². The van der Waals surface area contributed by atoms with Gasteiger partial charge in [-0.05, 0) is 31.5 Å². The molecule has 0 aliphatic heterocycles. The van der Waals surface area contributed by atoms with Crippen LogP contribution in [0.1, 0.15) is 21.9 Å². The van der Waals surface area contributed by atoms with E-state index in [9.17, 15) is 0 Å². The van der Waals surface area contributed by atoms with Crippen molar-refractivity contribution in [2.75, 3.05) is 6.54 Å². The van der Waals surface area contributed by atoms with E-state index in [1.165, 1.54) is 21.6 Å². The van der Waals surface area contributed by atoms with Gasteiger partial charge in [-0.3, -0.25) is 0 Å². The fourth-order valence-corrected chi connectivity index (χ4v) is 3.09. The fourth-order valence-electron chi connectivity index (χ4n) is 1.98. The first-order valence-corrected chi connectivity index (χ1v) is 7.07. The third-order valence-electron chi connectivity index (χ3n) is 2.90. The molecule has 2 aromatic carbocycles. The molecule has 1 atom stereocenters. The number of hydrogen-bond acceptors (Lipinski definition) is 2. The number of aryl methyl sites for hydroxylation is 2. The van der Waals surface area contributed by atoms with E-state index in [4.69, 9.17) is 5.73 Å². The second kappa shape index (κ2) is 6.07. The Bertz CT molecular complexity index is 522. The van der Waals surface area contributed by atoms with Crippen LogP contribution in [-0.4, -0.2) is 6.54 Å². The first-order chi connectivity index (χ1) is 8.69. The highest BCUT2D eigenvalue weighted by Gasteiger charge is 2.11. The molecule has 0 spiro atoms. The molecule has 18 heavy (non-hydrogen) atoms. The first kappa shape index (κ1) is 13.2. The third kappa shape index (κ3) is 3.37. The average molecular weight is 257 g/mol. The lowest BCUT2D eigenvalue weighted by Gasteiger charge is -2.15. The van der Waals surface area contributed by atoms with Crippen molar-refractivity contribution < 1.29 is 0 Å². The van der Waals surface area contributed by atoms with E-state index < -0.39 is 0 Å². The van der Waals surface area contributed by atoms with Gasteiger partial charge in [0.2, 0.25) is 0 Å². The monoisotopic (exact) mass is 257 g/mol. The van der Waals surface area contributed by atoms with E-state index in [1.807, 2.05) is 11.8 Å². The van der Waals surface area contributed by atoms with E-state index in [-0.39, 0.29) is 0 Å². The molecule has 0 aliphatic rings. The van der Waals surface area contributed by atoms with Crippen LogP contribution in [0.2, 0.25) is 0 Å². The normalized spacial score (nSPS) is 12.4. The molecule has 0 fully saturated rings. The molecular formula is C16H19NS. The lowest BCUT2D eigenvalue weighted by atomic mass is 10.1. The summed E-state index contributed by atoms with van der Waals surface area (Å²) in [4.78, 5) is 1.28. The van der Waals surface area contributed by atoms with Crippen LogP contribution < -0.4 is 5.73 Å². The maximum absolute atomic E-state index is 5.92. The number of benzene rings is 2. The molecular weight excluding hydrogens is 238 g/mol. The van der Waals surface area contributed by atoms with Crippen LogP contribution in [0.4, 0.5) is 0 Å². The molecule has 0 saturated carbocycles. The molecule has 1 nitrogen and oxygen atoms in total. The Labute approximate surface area is 113 Å². The van der Waals surface area contributed by atoms with Crippen LogP contribution in [0.5, 0.6) is 0 Å². The number of rotatable bonds is 4. The number of hydrogen-bond donors (Lipinski definition) is 1. The average Bonchev–Trinajstić information content (AvgIpc) is 2.36. The molecule has 2 aromatic rings. The van der Waals surface area contributed by atoms with Crippen molar-refractivity contribution in [3.8, 4) is 0 Å². The SMILES string of the molecule is Cc1cccc(SC(CN)c2cccc(C)c2)c1. The van der Waals surface area contributed by atoms with Gasteiger partial charge in [-0.25, -0.2) is 0 Å². The van der Waals surface area contributed by atoms with Crippen molar-refractivity contribution in [1.29, 1.82) is 0 Å². The summed E-state index contributed by atoms with van der Waals surface area (Å²) in [5, 5.41) is 0.326. The van der Waals surface area contributed by atoms with E-state index >= 15 is 0 Å². The van der Waals surface area contributed by atoms with Crippen molar-refractivity contribution in [1.82, 2.24) is 0 Å². The Kier molecular flexibility index (Phi) is 4.45. The van der Waals surface area contributed by atoms with E-state index in [2.05, 4.69) is 62.4 Å². The fraction of sp³-hybridized carbons (Fsp3) is 0.250. The van der Waals surface area contributed by atoms with Gasteiger partial charge in [-0.15, -0.1) is 11.8 Å².